The molecule has 2 aromatic carbocycles. The van der Waals surface area contributed by atoms with Crippen molar-refractivity contribution in [1.82, 2.24) is 19.3 Å². The monoisotopic (exact) mass is 497 g/mol. The molecule has 0 radical (unpaired) electrons. The lowest BCUT2D eigenvalue weighted by Gasteiger charge is -2.29. The highest BCUT2D eigenvalue weighted by Gasteiger charge is 2.27. The molecule has 4 aromatic rings. The van der Waals surface area contributed by atoms with Gasteiger partial charge in [-0.2, -0.15) is 0 Å². The Morgan fingerprint density at radius 3 is 2.81 bits per heavy atom. The van der Waals surface area contributed by atoms with Crippen LogP contribution in [0.3, 0.4) is 0 Å². The maximum Gasteiger partial charge on any atom is 0.259 e. The highest BCUT2D eigenvalue weighted by atomic mass is 19.1. The predicted octanol–water partition coefficient (Wildman–Crippen LogP) is 5.45. The molecule has 6 rings (SSSR count). The van der Waals surface area contributed by atoms with Crippen LogP contribution in [0.5, 0.6) is 5.88 Å². The summed E-state index contributed by atoms with van der Waals surface area (Å²) in [5, 5.41) is 10.5. The molecule has 8 heteroatoms. The fourth-order valence-corrected chi connectivity index (χ4v) is 5.63. The van der Waals surface area contributed by atoms with Crippen LogP contribution < -0.4 is 4.74 Å². The lowest BCUT2D eigenvalue weighted by Crippen LogP contribution is -2.34. The first-order valence-electron chi connectivity index (χ1n) is 12.7. The van der Waals surface area contributed by atoms with E-state index in [-0.39, 0.29) is 5.82 Å². The molecule has 0 saturated carbocycles. The number of piperidine rings is 1. The largest absolute Gasteiger partial charge is 0.475 e. The molecule has 1 aliphatic heterocycles. The van der Waals surface area contributed by atoms with Crippen molar-refractivity contribution >= 4 is 11.3 Å². The van der Waals surface area contributed by atoms with Crippen LogP contribution in [0.15, 0.2) is 48.8 Å². The van der Waals surface area contributed by atoms with Gasteiger partial charge in [0.2, 0.25) is 5.65 Å². The summed E-state index contributed by atoms with van der Waals surface area (Å²) in [5.74, 6) is 0.505. The van der Waals surface area contributed by atoms with Crippen molar-refractivity contribution < 1.29 is 14.2 Å². The van der Waals surface area contributed by atoms with Crippen molar-refractivity contribution in [3.63, 3.8) is 0 Å². The molecule has 1 saturated heterocycles. The summed E-state index contributed by atoms with van der Waals surface area (Å²) in [7, 11) is 2.13. The van der Waals surface area contributed by atoms with E-state index in [1.54, 1.807) is 18.3 Å². The Hall–Kier alpha value is -3.80. The molecule has 2 aliphatic rings. The number of hydrogen-bond donors (Lipinski definition) is 1. The number of ether oxygens (including phenoxy) is 1. The standard InChI is InChI=1S/C29H28FN5O2/c1-31-21-7-5-19(6-8-21)26-27(20-14-23-22(24(30)15-20)9-10-25(23)36)35-13-11-32-28(35)29(33-26)37-17-18-4-3-12-34(2)16-18/h5-8,11,13-15,18,25,36H,3-4,9-10,12,16-17H2,2H3/t18-,25?/m1/s1. The van der Waals surface area contributed by atoms with Crippen LogP contribution in [0.1, 0.15) is 36.5 Å². The third-order valence-electron chi connectivity index (χ3n) is 7.49. The SMILES string of the molecule is [C-]#[N+]c1ccc(-c2nc(OC[C@@H]3CCCN(C)C3)c3nccn3c2-c2cc(F)c3c(c2)C(O)CC3)cc1. The van der Waals surface area contributed by atoms with Gasteiger partial charge in [-0.15, -0.1) is 0 Å². The highest BCUT2D eigenvalue weighted by Crippen LogP contribution is 2.40. The first kappa shape index (κ1) is 23.6. The molecule has 2 aromatic heterocycles. The van der Waals surface area contributed by atoms with Crippen LogP contribution >= 0.6 is 0 Å². The number of aliphatic hydroxyl groups is 1. The Balaban J connectivity index is 1.50. The van der Waals surface area contributed by atoms with Gasteiger partial charge in [-0.3, -0.25) is 4.40 Å². The van der Waals surface area contributed by atoms with Crippen LogP contribution in [0.2, 0.25) is 0 Å². The van der Waals surface area contributed by atoms with Gasteiger partial charge in [0, 0.05) is 30.4 Å². The zero-order chi connectivity index (χ0) is 25.5. The van der Waals surface area contributed by atoms with E-state index < -0.39 is 6.10 Å². The Labute approximate surface area is 215 Å². The van der Waals surface area contributed by atoms with Gasteiger partial charge in [0.15, 0.2) is 5.69 Å². The molecule has 3 heterocycles. The average molecular weight is 498 g/mol. The summed E-state index contributed by atoms with van der Waals surface area (Å²) < 4.78 is 23.4. The van der Waals surface area contributed by atoms with Crippen molar-refractivity contribution in [3.8, 4) is 28.4 Å². The van der Waals surface area contributed by atoms with E-state index in [9.17, 15) is 5.11 Å². The van der Waals surface area contributed by atoms with Gasteiger partial charge < -0.3 is 14.7 Å². The molecule has 0 bridgehead atoms. The van der Waals surface area contributed by atoms with E-state index >= 15 is 4.39 Å². The number of hydrogen-bond acceptors (Lipinski definition) is 5. The van der Waals surface area contributed by atoms with Gasteiger partial charge in [0.1, 0.15) is 5.82 Å². The molecular weight excluding hydrogens is 469 g/mol. The molecule has 2 atom stereocenters. The maximum atomic E-state index is 15.2. The minimum atomic E-state index is -0.687. The van der Waals surface area contributed by atoms with Crippen molar-refractivity contribution in [2.75, 3.05) is 26.7 Å². The quantitative estimate of drug-likeness (QED) is 0.371. The number of aromatic nitrogens is 3. The van der Waals surface area contributed by atoms with Gasteiger partial charge in [-0.05, 0) is 68.1 Å². The molecular formula is C29H28FN5O2. The minimum absolute atomic E-state index is 0.326. The molecule has 0 spiro atoms. The lowest BCUT2D eigenvalue weighted by atomic mass is 9.98. The molecule has 1 aliphatic carbocycles. The molecule has 7 nitrogen and oxygen atoms in total. The molecule has 1 unspecified atom stereocenters. The van der Waals surface area contributed by atoms with Crippen molar-refractivity contribution in [2.45, 2.75) is 31.8 Å². The van der Waals surface area contributed by atoms with Crippen molar-refractivity contribution in [1.29, 1.82) is 0 Å². The van der Waals surface area contributed by atoms with E-state index in [0.29, 0.717) is 70.7 Å². The Bertz CT molecular complexity index is 1510. The van der Waals surface area contributed by atoms with Gasteiger partial charge in [0.05, 0.1) is 30.7 Å². The number of aliphatic hydroxyl groups excluding tert-OH is 1. The smallest absolute Gasteiger partial charge is 0.259 e. The summed E-state index contributed by atoms with van der Waals surface area (Å²) in [4.78, 5) is 15.3. The zero-order valence-electron chi connectivity index (χ0n) is 20.7. The number of rotatable bonds is 5. The molecule has 37 heavy (non-hydrogen) atoms. The average Bonchev–Trinajstić information content (AvgIpc) is 3.54. The van der Waals surface area contributed by atoms with Gasteiger partial charge in [-0.1, -0.05) is 24.3 Å². The Morgan fingerprint density at radius 1 is 1.19 bits per heavy atom. The maximum absolute atomic E-state index is 15.2. The fourth-order valence-electron chi connectivity index (χ4n) is 5.63. The molecule has 1 N–H and O–H groups in total. The summed E-state index contributed by atoms with van der Waals surface area (Å²) in [6.45, 7) is 9.92. The number of nitrogens with zero attached hydrogens (tertiary/aromatic N) is 5. The topological polar surface area (TPSA) is 67.2 Å². The Kier molecular flexibility index (Phi) is 6.11. The first-order valence-corrected chi connectivity index (χ1v) is 12.7. The van der Waals surface area contributed by atoms with Gasteiger partial charge >= 0.3 is 0 Å². The number of benzene rings is 2. The number of likely N-dealkylation sites (tertiary alicyclic amines) is 1. The number of halogens is 1. The van der Waals surface area contributed by atoms with Crippen LogP contribution in [-0.4, -0.2) is 51.1 Å². The molecule has 1 fully saturated rings. The second-order valence-electron chi connectivity index (χ2n) is 10.1. The molecule has 0 amide bonds. The summed E-state index contributed by atoms with van der Waals surface area (Å²) in [6.07, 6.45) is 6.11. The predicted molar refractivity (Wildman–Crippen MR) is 139 cm³/mol. The highest BCUT2D eigenvalue weighted by molar-refractivity contribution is 5.82. The number of imidazole rings is 1. The van der Waals surface area contributed by atoms with Crippen LogP contribution in [0, 0.1) is 18.3 Å². The summed E-state index contributed by atoms with van der Waals surface area (Å²) in [5.41, 5.74) is 4.93. The van der Waals surface area contributed by atoms with E-state index in [4.69, 9.17) is 16.3 Å². The lowest BCUT2D eigenvalue weighted by molar-refractivity contribution is 0.148. The van der Waals surface area contributed by atoms with E-state index in [0.717, 1.165) is 31.5 Å². The van der Waals surface area contributed by atoms with Crippen LogP contribution in [-0.2, 0) is 6.42 Å². The minimum Gasteiger partial charge on any atom is -0.475 e. The summed E-state index contributed by atoms with van der Waals surface area (Å²) in [6, 6.07) is 10.6. The van der Waals surface area contributed by atoms with E-state index in [1.807, 2.05) is 28.8 Å². The third kappa shape index (κ3) is 4.35. The third-order valence-corrected chi connectivity index (χ3v) is 7.49. The molecule has 188 valence electrons. The van der Waals surface area contributed by atoms with Crippen molar-refractivity contribution in [2.24, 2.45) is 5.92 Å². The zero-order valence-corrected chi connectivity index (χ0v) is 20.7. The van der Waals surface area contributed by atoms with E-state index in [2.05, 4.69) is 21.8 Å². The second kappa shape index (κ2) is 9.58. The fraction of sp³-hybridized carbons (Fsp3) is 0.345. The summed E-state index contributed by atoms with van der Waals surface area (Å²) >= 11 is 0. The van der Waals surface area contributed by atoms with E-state index in [1.165, 1.54) is 6.07 Å². The number of fused-ring (bicyclic) bond motifs is 2. The van der Waals surface area contributed by atoms with Crippen LogP contribution in [0.25, 0.3) is 33.0 Å². The van der Waals surface area contributed by atoms with Crippen molar-refractivity contribution in [3.05, 3.63) is 77.2 Å². The van der Waals surface area contributed by atoms with Gasteiger partial charge in [0.25, 0.3) is 5.88 Å². The Morgan fingerprint density at radius 2 is 2.03 bits per heavy atom. The normalized spacial score (nSPS) is 19.6. The van der Waals surface area contributed by atoms with Crippen LogP contribution in [0.4, 0.5) is 10.1 Å². The first-order chi connectivity index (χ1) is 18.0. The second-order valence-corrected chi connectivity index (χ2v) is 10.1. The van der Waals surface area contributed by atoms with Gasteiger partial charge in [-0.25, -0.2) is 19.2 Å².